The van der Waals surface area contributed by atoms with Gasteiger partial charge in [0.1, 0.15) is 0 Å². The number of nitriles is 2. The second-order valence-corrected chi connectivity index (χ2v) is 5.64. The zero-order valence-electron chi connectivity index (χ0n) is 11.5. The maximum absolute atomic E-state index is 8.83. The van der Waals surface area contributed by atoms with Gasteiger partial charge in [0.2, 0.25) is 6.19 Å². The number of nitrogens with zero attached hydrogens (tertiary/aromatic N) is 4. The molecule has 98 valence electrons. The molecule has 0 bridgehead atoms. The molecule has 0 aliphatic heterocycles. The van der Waals surface area contributed by atoms with Crippen molar-refractivity contribution in [3.05, 3.63) is 29.8 Å². The van der Waals surface area contributed by atoms with E-state index in [1.165, 1.54) is 11.8 Å². The highest BCUT2D eigenvalue weighted by Crippen LogP contribution is 2.27. The third kappa shape index (κ3) is 3.74. The van der Waals surface area contributed by atoms with Crippen LogP contribution in [0.4, 0.5) is 5.69 Å². The van der Waals surface area contributed by atoms with E-state index >= 15 is 0 Å². The highest BCUT2D eigenvalue weighted by molar-refractivity contribution is 8.13. The lowest BCUT2D eigenvalue weighted by molar-refractivity contribution is 0.574. The van der Waals surface area contributed by atoms with Crippen LogP contribution in [0.25, 0.3) is 0 Å². The van der Waals surface area contributed by atoms with Crippen LogP contribution in [0, 0.1) is 22.8 Å². The maximum atomic E-state index is 8.83. The molecule has 0 aromatic heterocycles. The lowest BCUT2D eigenvalue weighted by Crippen LogP contribution is -2.44. The first-order chi connectivity index (χ1) is 8.93. The molecule has 0 spiro atoms. The summed E-state index contributed by atoms with van der Waals surface area (Å²) in [6.45, 7) is 6.15. The zero-order valence-corrected chi connectivity index (χ0v) is 12.3. The van der Waals surface area contributed by atoms with E-state index in [-0.39, 0.29) is 5.54 Å². The van der Waals surface area contributed by atoms with Gasteiger partial charge in [-0.1, -0.05) is 11.8 Å². The Labute approximate surface area is 118 Å². The minimum absolute atomic E-state index is 0.215. The summed E-state index contributed by atoms with van der Waals surface area (Å²) in [5.74, 6) is 0. The Hall–Kier alpha value is -1.98. The standard InChI is InChI=1S/C14H16N4S/c1-14(2,3)18(13(19-4)17-10-16)12-7-5-11(9-15)6-8-12/h5-8H,1-4H3. The van der Waals surface area contributed by atoms with E-state index in [1.54, 1.807) is 12.1 Å². The van der Waals surface area contributed by atoms with Gasteiger partial charge >= 0.3 is 0 Å². The number of thioether (sulfide) groups is 1. The fraction of sp³-hybridized carbons (Fsp3) is 0.357. The molecule has 0 amide bonds. The summed E-state index contributed by atoms with van der Waals surface area (Å²) in [6.07, 6.45) is 3.72. The van der Waals surface area contributed by atoms with Crippen molar-refractivity contribution in [2.45, 2.75) is 26.3 Å². The molecule has 5 heteroatoms. The van der Waals surface area contributed by atoms with Crippen molar-refractivity contribution in [2.75, 3.05) is 11.2 Å². The third-order valence-electron chi connectivity index (χ3n) is 2.44. The predicted molar refractivity (Wildman–Crippen MR) is 80.0 cm³/mol. The summed E-state index contributed by atoms with van der Waals surface area (Å²) in [6, 6.07) is 9.35. The van der Waals surface area contributed by atoms with E-state index in [9.17, 15) is 0 Å². The number of benzene rings is 1. The molecule has 1 rings (SSSR count). The van der Waals surface area contributed by atoms with Gasteiger partial charge in [0.05, 0.1) is 11.6 Å². The van der Waals surface area contributed by atoms with Gasteiger partial charge < -0.3 is 4.90 Å². The molecule has 1 aromatic carbocycles. The van der Waals surface area contributed by atoms with Crippen LogP contribution in [0.5, 0.6) is 0 Å². The van der Waals surface area contributed by atoms with Crippen molar-refractivity contribution in [1.29, 1.82) is 10.5 Å². The van der Waals surface area contributed by atoms with Gasteiger partial charge in [-0.3, -0.25) is 0 Å². The minimum atomic E-state index is -0.215. The Kier molecular flexibility index (Phi) is 4.97. The molecular formula is C14H16N4S. The molecule has 0 saturated carbocycles. The average Bonchev–Trinajstić information content (AvgIpc) is 2.37. The third-order valence-corrected chi connectivity index (χ3v) is 3.08. The zero-order chi connectivity index (χ0) is 14.5. The number of rotatable bonds is 1. The molecule has 19 heavy (non-hydrogen) atoms. The lowest BCUT2D eigenvalue weighted by atomic mass is 10.1. The van der Waals surface area contributed by atoms with Gasteiger partial charge in [0.25, 0.3) is 0 Å². The molecule has 0 aliphatic carbocycles. The van der Waals surface area contributed by atoms with E-state index < -0.39 is 0 Å². The minimum Gasteiger partial charge on any atom is -0.315 e. The molecule has 0 fully saturated rings. The van der Waals surface area contributed by atoms with Crippen molar-refractivity contribution < 1.29 is 0 Å². The first-order valence-electron chi connectivity index (χ1n) is 5.75. The van der Waals surface area contributed by atoms with Crippen molar-refractivity contribution in [1.82, 2.24) is 0 Å². The van der Waals surface area contributed by atoms with Crippen LogP contribution in [-0.2, 0) is 0 Å². The summed E-state index contributed by atoms with van der Waals surface area (Å²) in [5.41, 5.74) is 1.31. The maximum Gasteiger partial charge on any atom is 0.208 e. The van der Waals surface area contributed by atoms with Crippen LogP contribution in [0.1, 0.15) is 26.3 Å². The number of hydrogen-bond donors (Lipinski definition) is 0. The molecule has 1 aromatic rings. The fourth-order valence-electron chi connectivity index (χ4n) is 1.70. The Balaban J connectivity index is 3.29. The van der Waals surface area contributed by atoms with E-state index in [1.807, 2.05) is 50.3 Å². The molecule has 0 N–H and O–H groups in total. The van der Waals surface area contributed by atoms with Gasteiger partial charge in [-0.2, -0.15) is 10.5 Å². The van der Waals surface area contributed by atoms with E-state index in [4.69, 9.17) is 10.5 Å². The summed E-state index contributed by atoms with van der Waals surface area (Å²) in [5, 5.41) is 18.3. The van der Waals surface area contributed by atoms with Crippen molar-refractivity contribution in [3.63, 3.8) is 0 Å². The first kappa shape index (κ1) is 15.1. The Morgan fingerprint density at radius 2 is 1.79 bits per heavy atom. The number of anilines is 1. The molecular weight excluding hydrogens is 256 g/mol. The quantitative estimate of drug-likeness (QED) is 0.447. The second kappa shape index (κ2) is 6.26. The molecule has 0 heterocycles. The Morgan fingerprint density at radius 3 is 2.16 bits per heavy atom. The molecule has 0 radical (unpaired) electrons. The van der Waals surface area contributed by atoms with Crippen molar-refractivity contribution in [2.24, 2.45) is 4.99 Å². The lowest BCUT2D eigenvalue weighted by Gasteiger charge is -2.37. The average molecular weight is 272 g/mol. The van der Waals surface area contributed by atoms with Crippen LogP contribution < -0.4 is 4.90 Å². The fourth-order valence-corrected chi connectivity index (χ4v) is 2.39. The van der Waals surface area contributed by atoms with Crippen LogP contribution >= 0.6 is 11.8 Å². The summed E-state index contributed by atoms with van der Waals surface area (Å²) < 4.78 is 0. The van der Waals surface area contributed by atoms with Crippen LogP contribution in [0.2, 0.25) is 0 Å². The van der Waals surface area contributed by atoms with Crippen LogP contribution in [0.3, 0.4) is 0 Å². The van der Waals surface area contributed by atoms with Crippen LogP contribution in [-0.4, -0.2) is 17.0 Å². The summed E-state index contributed by atoms with van der Waals surface area (Å²) in [4.78, 5) is 5.86. The van der Waals surface area contributed by atoms with E-state index in [0.717, 1.165) is 5.69 Å². The Morgan fingerprint density at radius 1 is 1.21 bits per heavy atom. The molecule has 4 nitrogen and oxygen atoms in total. The van der Waals surface area contributed by atoms with Crippen molar-refractivity contribution in [3.8, 4) is 12.3 Å². The number of amidine groups is 1. The Bertz CT molecular complexity index is 541. The van der Waals surface area contributed by atoms with E-state index in [0.29, 0.717) is 10.7 Å². The highest BCUT2D eigenvalue weighted by Gasteiger charge is 2.26. The molecule has 0 aliphatic rings. The topological polar surface area (TPSA) is 63.2 Å². The second-order valence-electron chi connectivity index (χ2n) is 4.86. The largest absolute Gasteiger partial charge is 0.315 e. The van der Waals surface area contributed by atoms with E-state index in [2.05, 4.69) is 11.1 Å². The first-order valence-corrected chi connectivity index (χ1v) is 6.97. The van der Waals surface area contributed by atoms with Crippen molar-refractivity contribution >= 4 is 22.6 Å². The van der Waals surface area contributed by atoms with Gasteiger partial charge in [0.15, 0.2) is 5.17 Å². The highest BCUT2D eigenvalue weighted by atomic mass is 32.2. The van der Waals surface area contributed by atoms with Crippen LogP contribution in [0.15, 0.2) is 29.3 Å². The number of aliphatic imine (C=N–C) groups is 1. The number of hydrogen-bond acceptors (Lipinski definition) is 4. The SMILES string of the molecule is CSC(=NC#N)N(c1ccc(C#N)cc1)C(C)(C)C. The van der Waals surface area contributed by atoms with Gasteiger partial charge in [0, 0.05) is 11.2 Å². The molecule has 0 unspecified atom stereocenters. The molecule has 0 atom stereocenters. The summed E-state index contributed by atoms with van der Waals surface area (Å²) in [7, 11) is 0. The summed E-state index contributed by atoms with van der Waals surface area (Å²) >= 11 is 1.42. The monoisotopic (exact) mass is 272 g/mol. The smallest absolute Gasteiger partial charge is 0.208 e. The normalized spacial score (nSPS) is 11.6. The van der Waals surface area contributed by atoms with Gasteiger partial charge in [-0.15, -0.1) is 4.99 Å². The molecule has 0 saturated heterocycles. The predicted octanol–water partition coefficient (Wildman–Crippen LogP) is 3.36. The van der Waals surface area contributed by atoms with Gasteiger partial charge in [-0.05, 0) is 51.3 Å². The van der Waals surface area contributed by atoms with Gasteiger partial charge in [-0.25, -0.2) is 0 Å².